The summed E-state index contributed by atoms with van der Waals surface area (Å²) in [5.41, 5.74) is 2.43. The fourth-order valence-corrected chi connectivity index (χ4v) is 2.71. The monoisotopic (exact) mass is 381 g/mol. The number of rotatable bonds is 5. The summed E-state index contributed by atoms with van der Waals surface area (Å²) in [5, 5.41) is 2.86. The first-order valence-corrected chi connectivity index (χ1v) is 8.34. The molecule has 4 heteroatoms. The topological polar surface area (TPSA) is 38.3 Å². The molecule has 24 heavy (non-hydrogen) atoms. The van der Waals surface area contributed by atoms with Gasteiger partial charge < -0.3 is 10.1 Å². The van der Waals surface area contributed by atoms with Gasteiger partial charge in [0.25, 0.3) is 5.91 Å². The Morgan fingerprint density at radius 3 is 2.25 bits per heavy atom. The smallest absolute Gasteiger partial charge is 0.255 e. The summed E-state index contributed by atoms with van der Waals surface area (Å²) in [7, 11) is 0. The summed E-state index contributed by atoms with van der Waals surface area (Å²) < 4.78 is 6.55. The Balaban J connectivity index is 1.67. The average molecular weight is 382 g/mol. The zero-order chi connectivity index (χ0) is 16.8. The summed E-state index contributed by atoms with van der Waals surface area (Å²) >= 11 is 3.47. The van der Waals surface area contributed by atoms with Crippen LogP contribution in [0.4, 0.5) is 5.69 Å². The van der Waals surface area contributed by atoms with E-state index in [-0.39, 0.29) is 5.91 Å². The average Bonchev–Trinajstić information content (AvgIpc) is 2.62. The molecule has 1 amide bonds. The zero-order valence-corrected chi connectivity index (χ0v) is 14.5. The predicted octanol–water partition coefficient (Wildman–Crippen LogP) is 5.28. The van der Waals surface area contributed by atoms with Crippen LogP contribution in [0.3, 0.4) is 0 Å². The summed E-state index contributed by atoms with van der Waals surface area (Å²) in [4.78, 5) is 12.3. The number of benzene rings is 3. The van der Waals surface area contributed by atoms with Gasteiger partial charge in [-0.1, -0.05) is 48.5 Å². The van der Waals surface area contributed by atoms with E-state index in [1.165, 1.54) is 0 Å². The highest BCUT2D eigenvalue weighted by Crippen LogP contribution is 2.27. The molecule has 3 nitrogen and oxygen atoms in total. The fourth-order valence-electron chi connectivity index (χ4n) is 2.22. The molecule has 0 radical (unpaired) electrons. The molecule has 0 bridgehead atoms. The van der Waals surface area contributed by atoms with Crippen LogP contribution in [0.25, 0.3) is 0 Å². The maximum Gasteiger partial charge on any atom is 0.255 e. The Morgan fingerprint density at radius 1 is 0.917 bits per heavy atom. The van der Waals surface area contributed by atoms with Crippen LogP contribution < -0.4 is 10.1 Å². The van der Waals surface area contributed by atoms with E-state index in [9.17, 15) is 4.79 Å². The number of carbonyl (C=O) groups is 1. The van der Waals surface area contributed by atoms with Gasteiger partial charge in [0.15, 0.2) is 0 Å². The Bertz CT molecular complexity index is 820. The van der Waals surface area contributed by atoms with Crippen LogP contribution in [0.1, 0.15) is 15.9 Å². The van der Waals surface area contributed by atoms with Crippen molar-refractivity contribution >= 4 is 27.5 Å². The third-order valence-corrected chi connectivity index (χ3v) is 4.08. The van der Waals surface area contributed by atoms with Crippen LogP contribution >= 0.6 is 15.9 Å². The highest BCUT2D eigenvalue weighted by Gasteiger charge is 2.09. The Morgan fingerprint density at radius 2 is 1.58 bits per heavy atom. The number of carbonyl (C=O) groups excluding carboxylic acids is 1. The number of anilines is 1. The van der Waals surface area contributed by atoms with Crippen molar-refractivity contribution in [2.45, 2.75) is 6.61 Å². The van der Waals surface area contributed by atoms with E-state index < -0.39 is 0 Å². The number of nitrogens with one attached hydrogen (secondary N) is 1. The largest absolute Gasteiger partial charge is 0.488 e. The Kier molecular flexibility index (Phi) is 5.29. The van der Waals surface area contributed by atoms with Crippen molar-refractivity contribution in [2.24, 2.45) is 0 Å². The molecule has 0 spiro atoms. The molecule has 0 unspecified atom stereocenters. The molecule has 120 valence electrons. The number of hydrogen-bond acceptors (Lipinski definition) is 2. The quantitative estimate of drug-likeness (QED) is 0.652. The number of halogens is 1. The molecule has 1 N–H and O–H groups in total. The summed E-state index contributed by atoms with van der Waals surface area (Å²) in [5.74, 6) is 0.548. The molecule has 0 heterocycles. The summed E-state index contributed by atoms with van der Waals surface area (Å²) in [6, 6.07) is 24.6. The number of ether oxygens (including phenoxy) is 1. The summed E-state index contributed by atoms with van der Waals surface area (Å²) in [6.07, 6.45) is 0. The number of hydrogen-bond donors (Lipinski definition) is 1. The van der Waals surface area contributed by atoms with Crippen molar-refractivity contribution in [3.63, 3.8) is 0 Å². The molecule has 3 aromatic rings. The zero-order valence-electron chi connectivity index (χ0n) is 12.9. The Labute approximate surface area is 149 Å². The van der Waals surface area contributed by atoms with Crippen LogP contribution in [-0.2, 0) is 6.61 Å². The molecule has 0 aliphatic carbocycles. The van der Waals surface area contributed by atoms with E-state index in [0.717, 1.165) is 15.7 Å². The van der Waals surface area contributed by atoms with Gasteiger partial charge in [-0.15, -0.1) is 0 Å². The third kappa shape index (κ3) is 4.24. The maximum atomic E-state index is 12.3. The standard InChI is InChI=1S/C20H16BrNO2/c21-18-13-16(20(23)22-17-9-5-2-6-10-17)11-12-19(18)24-14-15-7-3-1-4-8-15/h1-13H,14H2,(H,22,23). The van der Waals surface area contributed by atoms with Gasteiger partial charge in [-0.2, -0.15) is 0 Å². The SMILES string of the molecule is O=C(Nc1ccccc1)c1ccc(OCc2ccccc2)c(Br)c1. The van der Waals surface area contributed by atoms with Crippen molar-refractivity contribution in [1.82, 2.24) is 0 Å². The lowest BCUT2D eigenvalue weighted by Gasteiger charge is -2.10. The lowest BCUT2D eigenvalue weighted by molar-refractivity contribution is 0.102. The maximum absolute atomic E-state index is 12.3. The molecule has 0 fully saturated rings. The highest BCUT2D eigenvalue weighted by atomic mass is 79.9. The summed E-state index contributed by atoms with van der Waals surface area (Å²) in [6.45, 7) is 0.481. The second-order valence-electron chi connectivity index (χ2n) is 5.24. The van der Waals surface area contributed by atoms with Gasteiger partial charge in [0.2, 0.25) is 0 Å². The highest BCUT2D eigenvalue weighted by molar-refractivity contribution is 9.10. The predicted molar refractivity (Wildman–Crippen MR) is 99.3 cm³/mol. The molecule has 0 saturated carbocycles. The van der Waals surface area contributed by atoms with Crippen LogP contribution in [0, 0.1) is 0 Å². The van der Waals surface area contributed by atoms with Gasteiger partial charge in [-0.3, -0.25) is 4.79 Å². The first kappa shape index (κ1) is 16.3. The molecule has 3 aromatic carbocycles. The Hall–Kier alpha value is -2.59. The van der Waals surface area contributed by atoms with E-state index in [1.807, 2.05) is 60.7 Å². The fraction of sp³-hybridized carbons (Fsp3) is 0.0500. The lowest BCUT2D eigenvalue weighted by atomic mass is 10.2. The van der Waals surface area contributed by atoms with Gasteiger partial charge in [-0.25, -0.2) is 0 Å². The van der Waals surface area contributed by atoms with Gasteiger partial charge in [-0.05, 0) is 51.8 Å². The molecule has 0 saturated heterocycles. The minimum absolute atomic E-state index is 0.156. The molecular formula is C20H16BrNO2. The molecule has 0 aliphatic heterocycles. The van der Waals surface area contributed by atoms with E-state index in [1.54, 1.807) is 18.2 Å². The molecule has 0 aliphatic rings. The van der Waals surface area contributed by atoms with E-state index >= 15 is 0 Å². The van der Waals surface area contributed by atoms with E-state index in [4.69, 9.17) is 4.74 Å². The molecule has 0 atom stereocenters. The molecule has 0 aromatic heterocycles. The molecule has 3 rings (SSSR count). The van der Waals surface area contributed by atoms with E-state index in [2.05, 4.69) is 21.2 Å². The van der Waals surface area contributed by atoms with Crippen LogP contribution in [-0.4, -0.2) is 5.91 Å². The van der Waals surface area contributed by atoms with Crippen LogP contribution in [0.2, 0.25) is 0 Å². The third-order valence-electron chi connectivity index (χ3n) is 3.46. The minimum atomic E-state index is -0.156. The van der Waals surface area contributed by atoms with Gasteiger partial charge in [0.05, 0.1) is 4.47 Å². The number of amides is 1. The number of para-hydroxylation sites is 1. The van der Waals surface area contributed by atoms with Crippen molar-refractivity contribution in [3.8, 4) is 5.75 Å². The normalized spacial score (nSPS) is 10.2. The first-order valence-electron chi connectivity index (χ1n) is 7.55. The molecular weight excluding hydrogens is 366 g/mol. The van der Waals surface area contributed by atoms with Gasteiger partial charge in [0, 0.05) is 11.3 Å². The van der Waals surface area contributed by atoms with Crippen LogP contribution in [0.5, 0.6) is 5.75 Å². The van der Waals surface area contributed by atoms with Crippen molar-refractivity contribution in [3.05, 3.63) is 94.5 Å². The van der Waals surface area contributed by atoms with Crippen LogP contribution in [0.15, 0.2) is 83.3 Å². The lowest BCUT2D eigenvalue weighted by Crippen LogP contribution is -2.11. The van der Waals surface area contributed by atoms with E-state index in [0.29, 0.717) is 17.9 Å². The first-order chi connectivity index (χ1) is 11.7. The van der Waals surface area contributed by atoms with Crippen molar-refractivity contribution < 1.29 is 9.53 Å². The van der Waals surface area contributed by atoms with Crippen molar-refractivity contribution in [2.75, 3.05) is 5.32 Å². The minimum Gasteiger partial charge on any atom is -0.488 e. The van der Waals surface area contributed by atoms with Crippen molar-refractivity contribution in [1.29, 1.82) is 0 Å². The van der Waals surface area contributed by atoms with Gasteiger partial charge in [0.1, 0.15) is 12.4 Å². The van der Waals surface area contributed by atoms with Gasteiger partial charge >= 0.3 is 0 Å². The second kappa shape index (κ2) is 7.79. The second-order valence-corrected chi connectivity index (χ2v) is 6.09.